The van der Waals surface area contributed by atoms with Crippen molar-refractivity contribution in [1.82, 2.24) is 19.7 Å². The first kappa shape index (κ1) is 19.4. The highest BCUT2D eigenvalue weighted by atomic mass is 16.2. The fourth-order valence-electron chi connectivity index (χ4n) is 3.53. The van der Waals surface area contributed by atoms with Crippen molar-refractivity contribution in [2.75, 3.05) is 39.3 Å². The zero-order valence-electron chi connectivity index (χ0n) is 16.2. The number of hydrogen-bond acceptors (Lipinski definition) is 3. The van der Waals surface area contributed by atoms with Gasteiger partial charge in [-0.3, -0.25) is 14.5 Å². The lowest BCUT2D eigenvalue weighted by Crippen LogP contribution is -2.51. The summed E-state index contributed by atoms with van der Waals surface area (Å²) in [5.41, 5.74) is 1.17. The summed E-state index contributed by atoms with van der Waals surface area (Å²) in [5.74, 6) is 0.280. The van der Waals surface area contributed by atoms with Gasteiger partial charge in [-0.05, 0) is 23.9 Å². The lowest BCUT2D eigenvalue weighted by Gasteiger charge is -2.34. The molecule has 0 radical (unpaired) electrons. The van der Waals surface area contributed by atoms with Crippen molar-refractivity contribution in [3.63, 3.8) is 0 Å². The third kappa shape index (κ3) is 5.32. The van der Waals surface area contributed by atoms with Crippen LogP contribution in [0.15, 0.2) is 36.5 Å². The van der Waals surface area contributed by atoms with E-state index in [0.717, 1.165) is 32.5 Å². The number of carbonyl (C=O) groups is 2. The fourth-order valence-corrected chi connectivity index (χ4v) is 3.53. The van der Waals surface area contributed by atoms with Crippen molar-refractivity contribution >= 4 is 22.7 Å². The van der Waals surface area contributed by atoms with Crippen LogP contribution in [0.4, 0.5) is 0 Å². The van der Waals surface area contributed by atoms with E-state index in [2.05, 4.69) is 39.9 Å². The van der Waals surface area contributed by atoms with Gasteiger partial charge in [0.2, 0.25) is 11.8 Å². The molecule has 2 amide bonds. The number of fused-ring (bicyclic) bond motifs is 1. The Bertz CT molecular complexity index is 762. The number of piperazine rings is 1. The number of para-hydroxylation sites is 1. The molecule has 146 valence electrons. The highest BCUT2D eigenvalue weighted by Crippen LogP contribution is 2.15. The Hall–Kier alpha value is -2.34. The number of nitrogens with one attached hydrogen (secondary N) is 1. The van der Waals surface area contributed by atoms with E-state index in [1.807, 2.05) is 23.2 Å². The molecule has 3 rings (SSSR count). The molecule has 27 heavy (non-hydrogen) atoms. The normalized spacial score (nSPS) is 15.2. The van der Waals surface area contributed by atoms with Crippen LogP contribution in [0.25, 0.3) is 10.9 Å². The third-order valence-electron chi connectivity index (χ3n) is 5.19. The van der Waals surface area contributed by atoms with Crippen molar-refractivity contribution in [2.45, 2.75) is 32.7 Å². The van der Waals surface area contributed by atoms with Crippen molar-refractivity contribution in [2.24, 2.45) is 0 Å². The maximum Gasteiger partial charge on any atom is 0.234 e. The van der Waals surface area contributed by atoms with Gasteiger partial charge in [-0.15, -0.1) is 0 Å². The molecule has 0 aliphatic carbocycles. The standard InChI is InChI=1S/C21H30N4O2/c1-2-3-10-22-20(26)17-23-13-15-25(16-14-23)21(27)9-12-24-11-8-18-6-4-5-7-19(18)24/h4-8,11H,2-3,9-10,12-17H2,1H3,(H,22,26). The molecular formula is C21H30N4O2. The van der Waals surface area contributed by atoms with Crippen LogP contribution >= 0.6 is 0 Å². The first-order chi connectivity index (χ1) is 13.2. The minimum atomic E-state index is 0.0858. The number of hydrogen-bond donors (Lipinski definition) is 1. The second-order valence-electron chi connectivity index (χ2n) is 7.18. The predicted octanol–water partition coefficient (Wildman–Crippen LogP) is 2.09. The number of rotatable bonds is 8. The van der Waals surface area contributed by atoms with E-state index in [-0.39, 0.29) is 11.8 Å². The molecule has 1 aromatic heterocycles. The lowest BCUT2D eigenvalue weighted by atomic mass is 10.2. The van der Waals surface area contributed by atoms with Gasteiger partial charge in [-0.2, -0.15) is 0 Å². The second-order valence-corrected chi connectivity index (χ2v) is 7.18. The van der Waals surface area contributed by atoms with Gasteiger partial charge < -0.3 is 14.8 Å². The number of unbranched alkanes of at least 4 members (excludes halogenated alkanes) is 1. The van der Waals surface area contributed by atoms with Gasteiger partial charge in [0.05, 0.1) is 6.54 Å². The number of nitrogens with zero attached hydrogens (tertiary/aromatic N) is 3. The first-order valence-corrected chi connectivity index (χ1v) is 9.98. The van der Waals surface area contributed by atoms with Crippen LogP contribution in [0, 0.1) is 0 Å². The van der Waals surface area contributed by atoms with Crippen molar-refractivity contribution in [3.05, 3.63) is 36.5 Å². The zero-order valence-corrected chi connectivity index (χ0v) is 16.2. The maximum atomic E-state index is 12.5. The Kier molecular flexibility index (Phi) is 6.87. The largest absolute Gasteiger partial charge is 0.355 e. The monoisotopic (exact) mass is 370 g/mol. The number of carbonyl (C=O) groups excluding carboxylic acids is 2. The topological polar surface area (TPSA) is 57.6 Å². The summed E-state index contributed by atoms with van der Waals surface area (Å²) in [6, 6.07) is 10.3. The van der Waals surface area contributed by atoms with Crippen molar-refractivity contribution in [3.8, 4) is 0 Å². The van der Waals surface area contributed by atoms with Gasteiger partial charge >= 0.3 is 0 Å². The molecule has 1 fully saturated rings. The Labute approximate surface area is 161 Å². The molecule has 6 heteroatoms. The van der Waals surface area contributed by atoms with E-state index in [1.165, 1.54) is 10.9 Å². The molecule has 1 N–H and O–H groups in total. The van der Waals surface area contributed by atoms with E-state index >= 15 is 0 Å². The summed E-state index contributed by atoms with van der Waals surface area (Å²) in [6.07, 6.45) is 4.66. The average molecular weight is 370 g/mol. The van der Waals surface area contributed by atoms with Gasteiger partial charge in [-0.25, -0.2) is 0 Å². The number of aromatic nitrogens is 1. The number of amides is 2. The van der Waals surface area contributed by atoms with Crippen molar-refractivity contribution in [1.29, 1.82) is 0 Å². The summed E-state index contributed by atoms with van der Waals surface area (Å²) in [7, 11) is 0. The van der Waals surface area contributed by atoms with Crippen LogP contribution in [-0.2, 0) is 16.1 Å². The molecule has 0 bridgehead atoms. The molecule has 1 aliphatic heterocycles. The zero-order chi connectivity index (χ0) is 19.1. The number of aryl methyl sites for hydroxylation is 1. The van der Waals surface area contributed by atoms with E-state index in [1.54, 1.807) is 0 Å². The third-order valence-corrected chi connectivity index (χ3v) is 5.19. The van der Waals surface area contributed by atoms with E-state index in [4.69, 9.17) is 0 Å². The quantitative estimate of drug-likeness (QED) is 0.724. The van der Waals surface area contributed by atoms with Crippen LogP contribution in [0.5, 0.6) is 0 Å². The highest BCUT2D eigenvalue weighted by Gasteiger charge is 2.22. The molecule has 2 aromatic rings. The highest BCUT2D eigenvalue weighted by molar-refractivity contribution is 5.81. The Balaban J connectivity index is 1.40. The molecular weight excluding hydrogens is 340 g/mol. The van der Waals surface area contributed by atoms with Gasteiger partial charge in [0.25, 0.3) is 0 Å². The first-order valence-electron chi connectivity index (χ1n) is 9.98. The minimum absolute atomic E-state index is 0.0858. The van der Waals surface area contributed by atoms with Gasteiger partial charge in [0.15, 0.2) is 0 Å². The summed E-state index contributed by atoms with van der Waals surface area (Å²) < 4.78 is 2.14. The van der Waals surface area contributed by atoms with Crippen LogP contribution < -0.4 is 5.32 Å². The summed E-state index contributed by atoms with van der Waals surface area (Å²) >= 11 is 0. The molecule has 1 saturated heterocycles. The molecule has 0 unspecified atom stereocenters. The molecule has 1 aliphatic rings. The SMILES string of the molecule is CCCCNC(=O)CN1CCN(C(=O)CCn2ccc3ccccc32)CC1. The van der Waals surface area contributed by atoms with Gasteiger partial charge in [-0.1, -0.05) is 31.5 Å². The van der Waals surface area contributed by atoms with Crippen LogP contribution in [0.2, 0.25) is 0 Å². The molecule has 2 heterocycles. The minimum Gasteiger partial charge on any atom is -0.355 e. The van der Waals surface area contributed by atoms with E-state index in [9.17, 15) is 9.59 Å². The van der Waals surface area contributed by atoms with Gasteiger partial charge in [0, 0.05) is 57.4 Å². The molecule has 0 saturated carbocycles. The number of benzene rings is 1. The Morgan fingerprint density at radius 3 is 2.63 bits per heavy atom. The van der Waals surface area contributed by atoms with E-state index in [0.29, 0.717) is 32.6 Å². The second kappa shape index (κ2) is 9.55. The van der Waals surface area contributed by atoms with Crippen LogP contribution in [-0.4, -0.2) is 65.4 Å². The fraction of sp³-hybridized carbons (Fsp3) is 0.524. The Morgan fingerprint density at radius 1 is 1.07 bits per heavy atom. The smallest absolute Gasteiger partial charge is 0.234 e. The predicted molar refractivity (Wildman–Crippen MR) is 107 cm³/mol. The molecule has 0 spiro atoms. The average Bonchev–Trinajstić information content (AvgIpc) is 3.10. The van der Waals surface area contributed by atoms with E-state index < -0.39 is 0 Å². The van der Waals surface area contributed by atoms with Crippen LogP contribution in [0.3, 0.4) is 0 Å². The lowest BCUT2D eigenvalue weighted by molar-refractivity contribution is -0.133. The Morgan fingerprint density at radius 2 is 1.85 bits per heavy atom. The summed E-state index contributed by atoms with van der Waals surface area (Å²) in [5, 5.41) is 4.16. The summed E-state index contributed by atoms with van der Waals surface area (Å²) in [6.45, 7) is 6.93. The van der Waals surface area contributed by atoms with Crippen LogP contribution in [0.1, 0.15) is 26.2 Å². The summed E-state index contributed by atoms with van der Waals surface area (Å²) in [4.78, 5) is 28.5. The maximum absolute atomic E-state index is 12.5. The van der Waals surface area contributed by atoms with Crippen molar-refractivity contribution < 1.29 is 9.59 Å². The molecule has 1 aromatic carbocycles. The molecule has 6 nitrogen and oxygen atoms in total. The molecule has 0 atom stereocenters. The van der Waals surface area contributed by atoms with Gasteiger partial charge in [0.1, 0.15) is 0 Å².